The molecule has 11 heavy (non-hydrogen) atoms. The summed E-state index contributed by atoms with van der Waals surface area (Å²) in [5, 5.41) is 0. The molecule has 1 unspecified atom stereocenters. The Morgan fingerprint density at radius 3 is 2.27 bits per heavy atom. The molecule has 1 rings (SSSR count). The summed E-state index contributed by atoms with van der Waals surface area (Å²) in [4.78, 5) is 21.1. The molecule has 1 fully saturated rings. The summed E-state index contributed by atoms with van der Waals surface area (Å²) < 4.78 is 0. The Balaban J connectivity index is 2.71. The van der Waals surface area contributed by atoms with Crippen LogP contribution in [0.5, 0.6) is 0 Å². The van der Waals surface area contributed by atoms with Crippen molar-refractivity contribution in [2.24, 2.45) is 11.3 Å². The third-order valence-corrected chi connectivity index (χ3v) is 2.44. The minimum absolute atomic E-state index is 0.155. The van der Waals surface area contributed by atoms with Gasteiger partial charge in [0.25, 0.3) is 0 Å². The van der Waals surface area contributed by atoms with Crippen molar-refractivity contribution < 1.29 is 9.59 Å². The van der Waals surface area contributed by atoms with E-state index in [1.807, 2.05) is 19.1 Å². The van der Waals surface area contributed by atoms with Crippen LogP contribution in [0.2, 0.25) is 0 Å². The number of carbonyl (C=O) groups excluding carboxylic acids is 2. The third kappa shape index (κ3) is 1.13. The molecule has 0 saturated heterocycles. The first kappa shape index (κ1) is 8.18. The van der Waals surface area contributed by atoms with E-state index in [1.165, 1.54) is 0 Å². The van der Waals surface area contributed by atoms with Crippen molar-refractivity contribution in [3.63, 3.8) is 0 Å². The van der Waals surface area contributed by atoms with E-state index in [-0.39, 0.29) is 5.92 Å². The molecule has 0 radical (unpaired) electrons. The number of allylic oxidation sites excluding steroid dienone is 2. The highest BCUT2D eigenvalue weighted by Gasteiger charge is 2.45. The van der Waals surface area contributed by atoms with Gasteiger partial charge in [-0.2, -0.15) is 0 Å². The topological polar surface area (TPSA) is 34.1 Å². The van der Waals surface area contributed by atoms with Gasteiger partial charge in [0.1, 0.15) is 12.6 Å². The van der Waals surface area contributed by atoms with Gasteiger partial charge in [0, 0.05) is 0 Å². The van der Waals surface area contributed by atoms with E-state index in [1.54, 1.807) is 0 Å². The predicted octanol–water partition coefficient (Wildman–Crippen LogP) is 1.36. The Bertz CT molecular complexity index is 186. The fraction of sp³-hybridized carbons (Fsp3) is 0.556. The van der Waals surface area contributed by atoms with Crippen molar-refractivity contribution >= 4 is 12.6 Å². The van der Waals surface area contributed by atoms with E-state index in [9.17, 15) is 9.59 Å². The molecule has 2 nitrogen and oxygen atoms in total. The second-order valence-electron chi connectivity index (χ2n) is 3.02. The summed E-state index contributed by atoms with van der Waals surface area (Å²) in [6, 6.07) is 0. The average molecular weight is 152 g/mol. The Labute approximate surface area is 66.3 Å². The van der Waals surface area contributed by atoms with Crippen LogP contribution < -0.4 is 0 Å². The number of hydrogen-bond donors (Lipinski definition) is 0. The zero-order valence-corrected chi connectivity index (χ0v) is 6.62. The Morgan fingerprint density at radius 1 is 1.36 bits per heavy atom. The first-order chi connectivity index (χ1) is 5.29. The zero-order valence-electron chi connectivity index (χ0n) is 6.62. The number of carbonyl (C=O) groups is 2. The van der Waals surface area contributed by atoms with E-state index in [4.69, 9.17) is 0 Å². The van der Waals surface area contributed by atoms with E-state index >= 15 is 0 Å². The van der Waals surface area contributed by atoms with Gasteiger partial charge >= 0.3 is 0 Å². The smallest absolute Gasteiger partial charge is 0.133 e. The molecule has 1 saturated carbocycles. The van der Waals surface area contributed by atoms with E-state index in [2.05, 4.69) is 0 Å². The van der Waals surface area contributed by atoms with Gasteiger partial charge in [-0.1, -0.05) is 12.2 Å². The number of aldehydes is 2. The van der Waals surface area contributed by atoms with Gasteiger partial charge in [0.2, 0.25) is 0 Å². The maximum Gasteiger partial charge on any atom is 0.133 e. The van der Waals surface area contributed by atoms with E-state index in [0.717, 1.165) is 25.4 Å². The molecule has 60 valence electrons. The molecular weight excluding hydrogens is 140 g/mol. The van der Waals surface area contributed by atoms with Gasteiger partial charge in [-0.05, 0) is 25.7 Å². The maximum atomic E-state index is 10.6. The van der Waals surface area contributed by atoms with Crippen LogP contribution in [0.3, 0.4) is 0 Å². The molecule has 1 aliphatic rings. The lowest BCUT2D eigenvalue weighted by Crippen LogP contribution is -2.41. The molecule has 0 N–H and O–H groups in total. The van der Waals surface area contributed by atoms with Crippen molar-refractivity contribution in [1.82, 2.24) is 0 Å². The molecule has 2 heteroatoms. The fourth-order valence-corrected chi connectivity index (χ4v) is 1.47. The minimum atomic E-state index is -0.674. The minimum Gasteiger partial charge on any atom is -0.302 e. The van der Waals surface area contributed by atoms with Crippen LogP contribution in [0, 0.1) is 11.3 Å². The number of rotatable bonds is 3. The first-order valence-electron chi connectivity index (χ1n) is 3.84. The van der Waals surface area contributed by atoms with Crippen molar-refractivity contribution in [2.75, 3.05) is 0 Å². The van der Waals surface area contributed by atoms with Crippen LogP contribution in [0.1, 0.15) is 19.8 Å². The Kier molecular flexibility index (Phi) is 2.22. The van der Waals surface area contributed by atoms with Crippen LogP contribution in [-0.2, 0) is 9.59 Å². The highest BCUT2D eigenvalue weighted by molar-refractivity contribution is 5.86. The normalized spacial score (nSPS) is 27.9. The molecule has 0 aromatic carbocycles. The van der Waals surface area contributed by atoms with Crippen molar-refractivity contribution in [2.45, 2.75) is 19.8 Å². The molecule has 0 heterocycles. The van der Waals surface area contributed by atoms with Gasteiger partial charge < -0.3 is 9.59 Å². The summed E-state index contributed by atoms with van der Waals surface area (Å²) in [7, 11) is 0. The second kappa shape index (κ2) is 2.99. The summed E-state index contributed by atoms with van der Waals surface area (Å²) in [5.74, 6) is 0.155. The maximum absolute atomic E-state index is 10.6. The lowest BCUT2D eigenvalue weighted by molar-refractivity contribution is -0.134. The fourth-order valence-electron chi connectivity index (χ4n) is 1.47. The summed E-state index contributed by atoms with van der Waals surface area (Å²) in [5.41, 5.74) is -0.674. The molecule has 0 aromatic heterocycles. The van der Waals surface area contributed by atoms with E-state index < -0.39 is 5.41 Å². The molecule has 1 aliphatic carbocycles. The lowest BCUT2D eigenvalue weighted by atomic mass is 9.62. The Hall–Kier alpha value is -0.920. The largest absolute Gasteiger partial charge is 0.302 e. The van der Waals surface area contributed by atoms with Crippen LogP contribution in [0.15, 0.2) is 12.2 Å². The standard InChI is InChI=1S/C9H12O2/c1-2-3-8-4-5-9(8,6-10)7-11/h2-3,6-8H,4-5H2,1H3/b3-2+. The highest BCUT2D eigenvalue weighted by atomic mass is 16.1. The molecule has 0 aliphatic heterocycles. The van der Waals surface area contributed by atoms with Gasteiger partial charge in [-0.3, -0.25) is 0 Å². The van der Waals surface area contributed by atoms with Crippen molar-refractivity contribution in [3.05, 3.63) is 12.2 Å². The second-order valence-corrected chi connectivity index (χ2v) is 3.02. The average Bonchev–Trinajstić information content (AvgIpc) is 2.01. The molecule has 0 aromatic rings. The SMILES string of the molecule is C/C=C/C1CCC1(C=O)C=O. The van der Waals surface area contributed by atoms with Gasteiger partial charge in [0.15, 0.2) is 0 Å². The zero-order chi connectivity index (χ0) is 8.32. The summed E-state index contributed by atoms with van der Waals surface area (Å²) in [6.07, 6.45) is 7.08. The van der Waals surface area contributed by atoms with E-state index in [0.29, 0.717) is 0 Å². The lowest BCUT2D eigenvalue weighted by Gasteiger charge is -2.39. The molecule has 0 spiro atoms. The van der Waals surface area contributed by atoms with Crippen molar-refractivity contribution in [3.8, 4) is 0 Å². The molecule has 1 atom stereocenters. The van der Waals surface area contributed by atoms with Crippen LogP contribution in [0.4, 0.5) is 0 Å². The van der Waals surface area contributed by atoms with Crippen LogP contribution in [0.25, 0.3) is 0 Å². The third-order valence-electron chi connectivity index (χ3n) is 2.44. The van der Waals surface area contributed by atoms with Gasteiger partial charge in [-0.25, -0.2) is 0 Å². The Morgan fingerprint density at radius 2 is 2.00 bits per heavy atom. The summed E-state index contributed by atoms with van der Waals surface area (Å²) >= 11 is 0. The first-order valence-corrected chi connectivity index (χ1v) is 3.84. The monoisotopic (exact) mass is 152 g/mol. The quantitative estimate of drug-likeness (QED) is 0.347. The van der Waals surface area contributed by atoms with Crippen LogP contribution >= 0.6 is 0 Å². The van der Waals surface area contributed by atoms with Gasteiger partial charge in [-0.15, -0.1) is 0 Å². The molecule has 0 bridgehead atoms. The van der Waals surface area contributed by atoms with Gasteiger partial charge in [0.05, 0.1) is 5.41 Å². The molecular formula is C9H12O2. The predicted molar refractivity (Wildman–Crippen MR) is 42.1 cm³/mol. The van der Waals surface area contributed by atoms with Crippen LogP contribution in [-0.4, -0.2) is 12.6 Å². The summed E-state index contributed by atoms with van der Waals surface area (Å²) in [6.45, 7) is 1.90. The molecule has 0 amide bonds. The van der Waals surface area contributed by atoms with Crippen molar-refractivity contribution in [1.29, 1.82) is 0 Å². The highest BCUT2D eigenvalue weighted by Crippen LogP contribution is 2.44. The number of hydrogen-bond acceptors (Lipinski definition) is 2.